The van der Waals surface area contributed by atoms with Gasteiger partial charge in [-0.1, -0.05) is 0 Å². The number of carbonyl (C=O) groups is 1. The predicted octanol–water partition coefficient (Wildman–Crippen LogP) is 2.31. The zero-order chi connectivity index (χ0) is 18.1. The summed E-state index contributed by atoms with van der Waals surface area (Å²) in [5, 5.41) is 8.28. The van der Waals surface area contributed by atoms with Crippen LogP contribution in [0.15, 0.2) is 36.7 Å². The summed E-state index contributed by atoms with van der Waals surface area (Å²) in [6, 6.07) is 7.66. The van der Waals surface area contributed by atoms with Crippen LogP contribution in [0.3, 0.4) is 0 Å². The maximum absolute atomic E-state index is 12.5. The van der Waals surface area contributed by atoms with Crippen LogP contribution in [0.25, 0.3) is 22.3 Å². The molecule has 4 heterocycles. The zero-order valence-electron chi connectivity index (χ0n) is 15.0. The van der Waals surface area contributed by atoms with Gasteiger partial charge in [0.15, 0.2) is 0 Å². The van der Waals surface area contributed by atoms with Crippen molar-refractivity contribution in [3.63, 3.8) is 0 Å². The molecule has 1 N–H and O–H groups in total. The van der Waals surface area contributed by atoms with E-state index in [-0.39, 0.29) is 11.8 Å². The molecule has 0 atom stereocenters. The van der Waals surface area contributed by atoms with Gasteiger partial charge in [-0.05, 0) is 51.2 Å². The fourth-order valence-electron chi connectivity index (χ4n) is 3.28. The Kier molecular flexibility index (Phi) is 4.38. The Balaban J connectivity index is 1.55. The van der Waals surface area contributed by atoms with Crippen LogP contribution in [0.1, 0.15) is 12.8 Å². The van der Waals surface area contributed by atoms with Crippen molar-refractivity contribution >= 4 is 22.6 Å². The Morgan fingerprint density at radius 1 is 1.15 bits per heavy atom. The fourth-order valence-corrected chi connectivity index (χ4v) is 3.28. The Labute approximate surface area is 152 Å². The molecule has 0 spiro atoms. The van der Waals surface area contributed by atoms with Crippen molar-refractivity contribution < 1.29 is 4.79 Å². The quantitative estimate of drug-likeness (QED) is 0.784. The van der Waals surface area contributed by atoms with Crippen LogP contribution in [-0.2, 0) is 11.8 Å². The molecule has 0 radical (unpaired) electrons. The van der Waals surface area contributed by atoms with E-state index in [2.05, 4.69) is 32.3 Å². The molecule has 0 unspecified atom stereocenters. The normalized spacial score (nSPS) is 16.1. The van der Waals surface area contributed by atoms with E-state index in [9.17, 15) is 4.79 Å². The molecule has 3 aromatic heterocycles. The average Bonchev–Trinajstić information content (AvgIpc) is 3.08. The van der Waals surface area contributed by atoms with Crippen LogP contribution in [0.4, 0.5) is 5.82 Å². The average molecular weight is 350 g/mol. The number of anilines is 1. The standard InChI is InChI=1S/C19H22N6O/c1-24-8-5-13(6-9-24)19(26)22-18-11-17-14(12-20-18)3-4-15(21-17)16-7-10-25(2)23-16/h3-4,7,10-13H,5-6,8-9H2,1-2H3,(H,20,22,26). The Morgan fingerprint density at radius 3 is 2.69 bits per heavy atom. The molecule has 7 heteroatoms. The lowest BCUT2D eigenvalue weighted by atomic mass is 9.96. The molecular weight excluding hydrogens is 328 g/mol. The van der Waals surface area contributed by atoms with Crippen molar-refractivity contribution in [1.29, 1.82) is 0 Å². The largest absolute Gasteiger partial charge is 0.310 e. The third kappa shape index (κ3) is 3.43. The number of nitrogens with zero attached hydrogens (tertiary/aromatic N) is 5. The van der Waals surface area contributed by atoms with Gasteiger partial charge in [0.1, 0.15) is 11.5 Å². The van der Waals surface area contributed by atoms with Gasteiger partial charge in [0.05, 0.1) is 11.2 Å². The summed E-state index contributed by atoms with van der Waals surface area (Å²) in [6.45, 7) is 1.91. The molecule has 0 saturated carbocycles. The zero-order valence-corrected chi connectivity index (χ0v) is 15.0. The lowest BCUT2D eigenvalue weighted by molar-refractivity contribution is -0.121. The van der Waals surface area contributed by atoms with Crippen LogP contribution < -0.4 is 5.32 Å². The van der Waals surface area contributed by atoms with Gasteiger partial charge in [0, 0.05) is 36.8 Å². The van der Waals surface area contributed by atoms with E-state index < -0.39 is 0 Å². The van der Waals surface area contributed by atoms with E-state index in [1.807, 2.05) is 37.5 Å². The Morgan fingerprint density at radius 2 is 1.96 bits per heavy atom. The van der Waals surface area contributed by atoms with Crippen LogP contribution in [0.5, 0.6) is 0 Å². The number of likely N-dealkylation sites (tertiary alicyclic amines) is 1. The molecule has 1 amide bonds. The number of hydrogen-bond acceptors (Lipinski definition) is 5. The first kappa shape index (κ1) is 16.7. The van der Waals surface area contributed by atoms with Crippen LogP contribution in [0, 0.1) is 5.92 Å². The lowest BCUT2D eigenvalue weighted by Crippen LogP contribution is -2.36. The molecule has 1 aliphatic rings. The maximum Gasteiger partial charge on any atom is 0.228 e. The van der Waals surface area contributed by atoms with Gasteiger partial charge in [-0.25, -0.2) is 9.97 Å². The topological polar surface area (TPSA) is 75.9 Å². The van der Waals surface area contributed by atoms with Crippen LogP contribution >= 0.6 is 0 Å². The summed E-state index contributed by atoms with van der Waals surface area (Å²) in [4.78, 5) is 23.8. The van der Waals surface area contributed by atoms with Crippen molar-refractivity contribution in [2.75, 3.05) is 25.5 Å². The molecule has 4 rings (SSSR count). The van der Waals surface area contributed by atoms with Crippen molar-refractivity contribution in [2.45, 2.75) is 12.8 Å². The molecule has 0 bridgehead atoms. The number of aromatic nitrogens is 4. The second-order valence-corrected chi connectivity index (χ2v) is 6.90. The summed E-state index contributed by atoms with van der Waals surface area (Å²) in [6.07, 6.45) is 5.41. The first-order valence-electron chi connectivity index (χ1n) is 8.85. The van der Waals surface area contributed by atoms with Crippen molar-refractivity contribution in [2.24, 2.45) is 13.0 Å². The van der Waals surface area contributed by atoms with Gasteiger partial charge in [0.25, 0.3) is 0 Å². The van der Waals surface area contributed by atoms with Crippen LogP contribution in [-0.4, -0.2) is 50.7 Å². The molecule has 0 aliphatic carbocycles. The minimum Gasteiger partial charge on any atom is -0.310 e. The second kappa shape index (κ2) is 6.84. The van der Waals surface area contributed by atoms with E-state index >= 15 is 0 Å². The second-order valence-electron chi connectivity index (χ2n) is 6.90. The highest BCUT2D eigenvalue weighted by Crippen LogP contribution is 2.22. The number of amides is 1. The summed E-state index contributed by atoms with van der Waals surface area (Å²) >= 11 is 0. The van der Waals surface area contributed by atoms with E-state index in [1.165, 1.54) is 0 Å². The smallest absolute Gasteiger partial charge is 0.228 e. The Bertz CT molecular complexity index is 942. The van der Waals surface area contributed by atoms with Crippen molar-refractivity contribution in [3.8, 4) is 11.4 Å². The van der Waals surface area contributed by atoms with Gasteiger partial charge in [-0.2, -0.15) is 5.10 Å². The highest BCUT2D eigenvalue weighted by molar-refractivity contribution is 5.93. The predicted molar refractivity (Wildman–Crippen MR) is 101 cm³/mol. The highest BCUT2D eigenvalue weighted by atomic mass is 16.1. The molecule has 3 aromatic rings. The van der Waals surface area contributed by atoms with E-state index in [0.717, 1.165) is 48.2 Å². The van der Waals surface area contributed by atoms with Crippen molar-refractivity contribution in [1.82, 2.24) is 24.6 Å². The Hall–Kier alpha value is -2.80. The molecule has 26 heavy (non-hydrogen) atoms. The molecule has 134 valence electrons. The molecule has 7 nitrogen and oxygen atoms in total. The third-order valence-electron chi connectivity index (χ3n) is 4.89. The summed E-state index contributed by atoms with van der Waals surface area (Å²) < 4.78 is 1.75. The van der Waals surface area contributed by atoms with Gasteiger partial charge >= 0.3 is 0 Å². The molecular formula is C19H22N6O. The maximum atomic E-state index is 12.5. The fraction of sp³-hybridized carbons (Fsp3) is 0.368. The summed E-state index contributed by atoms with van der Waals surface area (Å²) in [7, 11) is 3.97. The number of aryl methyl sites for hydroxylation is 1. The molecule has 1 saturated heterocycles. The third-order valence-corrected chi connectivity index (χ3v) is 4.89. The van der Waals surface area contributed by atoms with Crippen molar-refractivity contribution in [3.05, 3.63) is 36.7 Å². The lowest BCUT2D eigenvalue weighted by Gasteiger charge is -2.27. The van der Waals surface area contributed by atoms with E-state index in [1.54, 1.807) is 10.9 Å². The molecule has 1 fully saturated rings. The number of nitrogens with one attached hydrogen (secondary N) is 1. The van der Waals surface area contributed by atoms with Gasteiger partial charge in [-0.3, -0.25) is 9.48 Å². The number of fused-ring (bicyclic) bond motifs is 1. The minimum absolute atomic E-state index is 0.0471. The molecule has 0 aromatic carbocycles. The van der Waals surface area contributed by atoms with E-state index in [4.69, 9.17) is 0 Å². The molecule has 1 aliphatic heterocycles. The van der Waals surface area contributed by atoms with E-state index in [0.29, 0.717) is 5.82 Å². The summed E-state index contributed by atoms with van der Waals surface area (Å²) in [5.74, 6) is 0.648. The SMILES string of the molecule is CN1CCC(C(=O)Nc2cc3nc(-c4ccn(C)n4)ccc3cn2)CC1. The number of hydrogen-bond donors (Lipinski definition) is 1. The first-order chi connectivity index (χ1) is 12.6. The monoisotopic (exact) mass is 350 g/mol. The number of carbonyl (C=O) groups excluding carboxylic acids is 1. The van der Waals surface area contributed by atoms with Gasteiger partial charge in [-0.15, -0.1) is 0 Å². The highest BCUT2D eigenvalue weighted by Gasteiger charge is 2.23. The number of pyridine rings is 2. The van der Waals surface area contributed by atoms with Gasteiger partial charge < -0.3 is 10.2 Å². The first-order valence-corrected chi connectivity index (χ1v) is 8.85. The minimum atomic E-state index is 0.0471. The number of piperidine rings is 1. The van der Waals surface area contributed by atoms with Gasteiger partial charge in [0.2, 0.25) is 5.91 Å². The number of rotatable bonds is 3. The summed E-state index contributed by atoms with van der Waals surface area (Å²) in [5.41, 5.74) is 2.42. The van der Waals surface area contributed by atoms with Crippen LogP contribution in [0.2, 0.25) is 0 Å².